The highest BCUT2D eigenvalue weighted by atomic mass is 16.6. The van der Waals surface area contributed by atoms with Crippen LogP contribution in [0, 0.1) is 10.1 Å². The van der Waals surface area contributed by atoms with Gasteiger partial charge < -0.3 is 21.2 Å². The van der Waals surface area contributed by atoms with E-state index in [1.807, 2.05) is 0 Å². The van der Waals surface area contributed by atoms with Gasteiger partial charge in [0.1, 0.15) is 5.82 Å². The van der Waals surface area contributed by atoms with Crippen LogP contribution in [0.1, 0.15) is 5.56 Å². The second-order valence-electron chi connectivity index (χ2n) is 3.32. The van der Waals surface area contributed by atoms with Gasteiger partial charge >= 0.3 is 5.82 Å². The van der Waals surface area contributed by atoms with Gasteiger partial charge in [-0.3, -0.25) is 5.10 Å². The maximum Gasteiger partial charge on any atom is 0.363 e. The summed E-state index contributed by atoms with van der Waals surface area (Å²) < 4.78 is 0. The van der Waals surface area contributed by atoms with Crippen molar-refractivity contribution in [3.8, 4) is 0 Å². The molecule has 0 radical (unpaired) electrons. The van der Waals surface area contributed by atoms with Crippen LogP contribution in [0.5, 0.6) is 0 Å². The minimum atomic E-state index is -0.544. The van der Waals surface area contributed by atoms with Crippen molar-refractivity contribution in [2.75, 3.05) is 11.1 Å². The minimum Gasteiger partial charge on any atom is -0.384 e. The van der Waals surface area contributed by atoms with Gasteiger partial charge in [-0.2, -0.15) is 5.10 Å². The Morgan fingerprint density at radius 1 is 1.47 bits per heavy atom. The van der Waals surface area contributed by atoms with Crippen LogP contribution in [0.25, 0.3) is 0 Å². The Bertz CT molecular complexity index is 521. The fraction of sp³-hybridized carbons (Fsp3) is 0.111. The minimum absolute atomic E-state index is 0.182. The van der Waals surface area contributed by atoms with E-state index in [0.29, 0.717) is 18.1 Å². The SMILES string of the molecule is Nc1[nH]ncc1CNc1ccc([N+](=O)[O-])nc1. The first-order chi connectivity index (χ1) is 8.16. The number of pyridine rings is 1. The molecule has 0 aliphatic rings. The summed E-state index contributed by atoms with van der Waals surface area (Å²) in [6, 6.07) is 2.92. The van der Waals surface area contributed by atoms with E-state index >= 15 is 0 Å². The molecule has 4 N–H and O–H groups in total. The number of nitro groups is 1. The number of nitrogens with one attached hydrogen (secondary N) is 2. The van der Waals surface area contributed by atoms with Gasteiger partial charge in [0.25, 0.3) is 0 Å². The summed E-state index contributed by atoms with van der Waals surface area (Å²) in [7, 11) is 0. The van der Waals surface area contributed by atoms with Crippen molar-refractivity contribution in [3.05, 3.63) is 40.2 Å². The lowest BCUT2D eigenvalue weighted by Gasteiger charge is -2.03. The maximum atomic E-state index is 10.4. The number of anilines is 2. The summed E-state index contributed by atoms with van der Waals surface area (Å²) in [5.41, 5.74) is 7.11. The summed E-state index contributed by atoms with van der Waals surface area (Å²) >= 11 is 0. The van der Waals surface area contributed by atoms with Crippen molar-refractivity contribution < 1.29 is 4.92 Å². The third kappa shape index (κ3) is 2.48. The van der Waals surface area contributed by atoms with E-state index in [4.69, 9.17) is 5.73 Å². The fourth-order valence-electron chi connectivity index (χ4n) is 1.26. The first-order valence-electron chi connectivity index (χ1n) is 4.79. The van der Waals surface area contributed by atoms with Crippen LogP contribution in [-0.2, 0) is 6.54 Å². The van der Waals surface area contributed by atoms with Crippen molar-refractivity contribution in [3.63, 3.8) is 0 Å². The van der Waals surface area contributed by atoms with Gasteiger partial charge in [0, 0.05) is 18.2 Å². The standard InChI is InChI=1S/C9H10N6O2/c10-9-6(4-13-14-9)3-11-7-1-2-8(12-5-7)15(16)17/h1-2,4-5,11H,3H2,(H3,10,13,14). The lowest BCUT2D eigenvalue weighted by atomic mass is 10.3. The molecule has 0 aliphatic heterocycles. The van der Waals surface area contributed by atoms with Crippen LogP contribution in [0.3, 0.4) is 0 Å². The second-order valence-corrected chi connectivity index (χ2v) is 3.32. The van der Waals surface area contributed by atoms with Crippen LogP contribution < -0.4 is 11.1 Å². The number of aromatic nitrogens is 3. The number of hydrogen-bond acceptors (Lipinski definition) is 6. The Balaban J connectivity index is 2.00. The lowest BCUT2D eigenvalue weighted by molar-refractivity contribution is -0.389. The molecule has 0 aromatic carbocycles. The summed E-state index contributed by atoms with van der Waals surface area (Å²) in [6.07, 6.45) is 3.01. The molecule has 0 atom stereocenters. The molecule has 17 heavy (non-hydrogen) atoms. The van der Waals surface area contributed by atoms with Gasteiger partial charge in [0.15, 0.2) is 6.20 Å². The molecular weight excluding hydrogens is 224 g/mol. The summed E-state index contributed by atoms with van der Waals surface area (Å²) in [4.78, 5) is 13.5. The maximum absolute atomic E-state index is 10.4. The molecule has 88 valence electrons. The molecule has 0 spiro atoms. The third-order valence-corrected chi connectivity index (χ3v) is 2.17. The quantitative estimate of drug-likeness (QED) is 0.533. The molecule has 2 aromatic heterocycles. The molecule has 8 heteroatoms. The van der Waals surface area contributed by atoms with Crippen molar-refractivity contribution >= 4 is 17.3 Å². The number of nitrogens with zero attached hydrogens (tertiary/aromatic N) is 3. The van der Waals surface area contributed by atoms with E-state index in [9.17, 15) is 10.1 Å². The molecule has 8 nitrogen and oxygen atoms in total. The van der Waals surface area contributed by atoms with E-state index in [1.54, 1.807) is 12.3 Å². The Labute approximate surface area is 96.0 Å². The molecule has 0 bridgehead atoms. The van der Waals surface area contributed by atoms with Crippen molar-refractivity contribution in [2.45, 2.75) is 6.54 Å². The summed E-state index contributed by atoms with van der Waals surface area (Å²) in [5, 5.41) is 19.8. The third-order valence-electron chi connectivity index (χ3n) is 2.17. The molecule has 0 saturated carbocycles. The Morgan fingerprint density at radius 2 is 2.29 bits per heavy atom. The predicted octanol–water partition coefficient (Wildman–Crippen LogP) is 0.907. The van der Waals surface area contributed by atoms with Gasteiger partial charge in [-0.15, -0.1) is 0 Å². The summed E-state index contributed by atoms with van der Waals surface area (Å²) in [6.45, 7) is 0.474. The number of nitrogen functional groups attached to an aromatic ring is 1. The normalized spacial score (nSPS) is 10.1. The fourth-order valence-corrected chi connectivity index (χ4v) is 1.26. The van der Waals surface area contributed by atoms with E-state index in [0.717, 1.165) is 5.56 Å². The average molecular weight is 234 g/mol. The van der Waals surface area contributed by atoms with E-state index in [2.05, 4.69) is 20.5 Å². The monoisotopic (exact) mass is 234 g/mol. The van der Waals surface area contributed by atoms with Crippen LogP contribution in [-0.4, -0.2) is 20.1 Å². The predicted molar refractivity (Wildman–Crippen MR) is 61.2 cm³/mol. The molecule has 0 amide bonds. The highest BCUT2D eigenvalue weighted by Crippen LogP contribution is 2.13. The molecular formula is C9H10N6O2. The molecule has 0 fully saturated rings. The molecule has 2 rings (SSSR count). The van der Waals surface area contributed by atoms with Crippen molar-refractivity contribution in [1.82, 2.24) is 15.2 Å². The van der Waals surface area contributed by atoms with E-state index in [-0.39, 0.29) is 5.82 Å². The first kappa shape index (κ1) is 10.9. The highest BCUT2D eigenvalue weighted by Gasteiger charge is 2.06. The topological polar surface area (TPSA) is 123 Å². The van der Waals surface area contributed by atoms with Gasteiger partial charge in [-0.25, -0.2) is 0 Å². The molecule has 2 aromatic rings. The lowest BCUT2D eigenvalue weighted by Crippen LogP contribution is -2.02. The zero-order chi connectivity index (χ0) is 12.3. The zero-order valence-corrected chi connectivity index (χ0v) is 8.75. The number of hydrogen-bond donors (Lipinski definition) is 3. The number of H-pyrrole nitrogens is 1. The Kier molecular flexibility index (Phi) is 2.86. The number of aromatic amines is 1. The first-order valence-corrected chi connectivity index (χ1v) is 4.79. The zero-order valence-electron chi connectivity index (χ0n) is 8.75. The largest absolute Gasteiger partial charge is 0.384 e. The summed E-state index contributed by atoms with van der Waals surface area (Å²) in [5.74, 6) is 0.311. The molecule has 0 saturated heterocycles. The average Bonchev–Trinajstić information content (AvgIpc) is 2.73. The second kappa shape index (κ2) is 4.47. The van der Waals surface area contributed by atoms with E-state index < -0.39 is 4.92 Å². The van der Waals surface area contributed by atoms with Crippen molar-refractivity contribution in [2.24, 2.45) is 0 Å². The van der Waals surface area contributed by atoms with Crippen LogP contribution in [0.4, 0.5) is 17.3 Å². The molecule has 0 unspecified atom stereocenters. The Hall–Kier alpha value is -2.64. The molecule has 0 aliphatic carbocycles. The van der Waals surface area contributed by atoms with Crippen LogP contribution >= 0.6 is 0 Å². The van der Waals surface area contributed by atoms with Gasteiger partial charge in [-0.05, 0) is 16.0 Å². The van der Waals surface area contributed by atoms with Crippen LogP contribution in [0.15, 0.2) is 24.5 Å². The van der Waals surface area contributed by atoms with Crippen LogP contribution in [0.2, 0.25) is 0 Å². The number of rotatable bonds is 4. The van der Waals surface area contributed by atoms with Gasteiger partial charge in [-0.1, -0.05) is 0 Å². The number of nitrogens with two attached hydrogens (primary N) is 1. The van der Waals surface area contributed by atoms with Gasteiger partial charge in [0.05, 0.1) is 11.9 Å². The Morgan fingerprint density at radius 3 is 2.82 bits per heavy atom. The smallest absolute Gasteiger partial charge is 0.363 e. The molecule has 2 heterocycles. The highest BCUT2D eigenvalue weighted by molar-refractivity contribution is 5.46. The van der Waals surface area contributed by atoms with E-state index in [1.165, 1.54) is 12.3 Å². The van der Waals surface area contributed by atoms with Crippen molar-refractivity contribution in [1.29, 1.82) is 0 Å². The van der Waals surface area contributed by atoms with Gasteiger partial charge in [0.2, 0.25) is 0 Å².